The van der Waals surface area contributed by atoms with E-state index in [-0.39, 0.29) is 19.6 Å². The number of ether oxygens (including phenoxy) is 2. The van der Waals surface area contributed by atoms with Crippen LogP contribution in [0.3, 0.4) is 0 Å². The maximum absolute atomic E-state index is 11.3. The zero-order chi connectivity index (χ0) is 42.1. The first-order valence-corrected chi connectivity index (χ1v) is 21.1. The van der Waals surface area contributed by atoms with Crippen molar-refractivity contribution in [1.29, 1.82) is 0 Å². The number of aliphatic imine (C=N–C) groups is 3. The summed E-state index contributed by atoms with van der Waals surface area (Å²) in [5, 5.41) is 6.73. The Balaban J connectivity index is 0.000000394. The zero-order valence-electron chi connectivity index (χ0n) is 29.2. The standard InChI is InChI=1S/C18H16N2O5S3.C16H15NO9S3.CH4/c1-2-17(25-28(21,22)23)18(13-3-5-14(6-4-13)19-11-26)24-16-9-7-15(8-10-16)20-12-27;18-28(19,20)24-10-15(26-29(21,22)23)16(25-14-4-2-1-3-5-14)12-6-8-13(9-7-12)17-11-27;/h3-10,17-18H,2H2,1H3,(H,21,22,23);1-9,15-16H,10H2,(H,18,19,20)(H,21,22,23);1H4. The molecule has 0 aliphatic carbocycles. The van der Waals surface area contributed by atoms with Gasteiger partial charge >= 0.3 is 31.2 Å². The Hall–Kier alpha value is -4.51. The van der Waals surface area contributed by atoms with Crippen LogP contribution in [0.4, 0.5) is 17.1 Å². The van der Waals surface area contributed by atoms with E-state index >= 15 is 0 Å². The van der Waals surface area contributed by atoms with E-state index in [1.807, 2.05) is 0 Å². The Kier molecular flexibility index (Phi) is 20.4. The fraction of sp³-hybridized carbons (Fsp3) is 0.229. The summed E-state index contributed by atoms with van der Waals surface area (Å²) in [4.78, 5) is 11.5. The van der Waals surface area contributed by atoms with Crippen LogP contribution in [0.1, 0.15) is 44.1 Å². The van der Waals surface area contributed by atoms with Crippen molar-refractivity contribution in [3.05, 3.63) is 114 Å². The highest BCUT2D eigenvalue weighted by Gasteiger charge is 2.33. The minimum absolute atomic E-state index is 0. The lowest BCUT2D eigenvalue weighted by Crippen LogP contribution is -2.34. The molecule has 0 amide bonds. The van der Waals surface area contributed by atoms with Crippen LogP contribution < -0.4 is 9.47 Å². The zero-order valence-corrected chi connectivity index (χ0v) is 34.1. The largest absolute Gasteiger partial charge is 0.483 e. The third kappa shape index (κ3) is 18.4. The first-order chi connectivity index (χ1) is 26.9. The molecule has 23 heteroatoms. The van der Waals surface area contributed by atoms with E-state index in [4.69, 9.17) is 27.3 Å². The maximum Gasteiger partial charge on any atom is 0.397 e. The van der Waals surface area contributed by atoms with Crippen molar-refractivity contribution in [2.24, 2.45) is 15.0 Å². The van der Waals surface area contributed by atoms with Gasteiger partial charge in [0.15, 0.2) is 12.2 Å². The van der Waals surface area contributed by atoms with Gasteiger partial charge in [0.2, 0.25) is 0 Å². The first-order valence-electron chi connectivity index (χ1n) is 15.8. The van der Waals surface area contributed by atoms with Crippen molar-refractivity contribution in [2.45, 2.75) is 45.2 Å². The third-order valence-corrected chi connectivity index (χ3v) is 8.71. The molecule has 4 aromatic carbocycles. The molecule has 0 saturated carbocycles. The van der Waals surface area contributed by atoms with E-state index in [1.54, 1.807) is 85.8 Å². The third-order valence-electron chi connectivity index (χ3n) is 7.02. The van der Waals surface area contributed by atoms with Gasteiger partial charge in [-0.3, -0.25) is 13.7 Å². The molecule has 0 heterocycles. The Bertz CT molecular complexity index is 2400. The van der Waals surface area contributed by atoms with Gasteiger partial charge in [0, 0.05) is 0 Å². The monoisotopic (exact) mass is 913 g/mol. The topological polar surface area (TPSA) is 246 Å². The second kappa shape index (κ2) is 23.8. The molecule has 0 aliphatic heterocycles. The van der Waals surface area contributed by atoms with Crippen LogP contribution in [0.2, 0.25) is 0 Å². The second-order valence-electron chi connectivity index (χ2n) is 10.9. The number of para-hydroxylation sites is 1. The van der Waals surface area contributed by atoms with E-state index < -0.39 is 62.2 Å². The molecule has 0 aromatic heterocycles. The van der Waals surface area contributed by atoms with Crippen molar-refractivity contribution >= 4 is 100 Å². The summed E-state index contributed by atoms with van der Waals surface area (Å²) in [5.74, 6) is 0.737. The summed E-state index contributed by atoms with van der Waals surface area (Å²) >= 11 is 13.7. The highest BCUT2D eigenvalue weighted by Crippen LogP contribution is 2.32. The maximum atomic E-state index is 11.3. The highest BCUT2D eigenvalue weighted by atomic mass is 32.3. The number of benzene rings is 4. The summed E-state index contributed by atoms with van der Waals surface area (Å²) in [6.07, 6.45) is -4.48. The molecule has 58 heavy (non-hydrogen) atoms. The summed E-state index contributed by atoms with van der Waals surface area (Å²) in [6, 6.07) is 27.6. The minimum Gasteiger partial charge on any atom is -0.483 e. The molecule has 0 spiro atoms. The summed E-state index contributed by atoms with van der Waals surface area (Å²) in [5.41, 5.74) is 2.58. The second-order valence-corrected chi connectivity index (χ2v) is 14.7. The van der Waals surface area contributed by atoms with Crippen LogP contribution in [0.5, 0.6) is 11.5 Å². The molecule has 0 fully saturated rings. The SMILES string of the molecule is C.CCC(OS(=O)(=O)O)C(Oc1ccc(N=C=S)cc1)c1ccc(N=C=S)cc1.O=S(=O)(O)OCC(OS(=O)(=O)O)C(Oc1ccccc1)c1ccc(N=C=S)cc1. The van der Waals surface area contributed by atoms with E-state index in [2.05, 4.69) is 75.5 Å². The number of rotatable bonds is 19. The normalized spacial score (nSPS) is 13.2. The van der Waals surface area contributed by atoms with Gasteiger partial charge in [-0.2, -0.15) is 40.2 Å². The van der Waals surface area contributed by atoms with E-state index in [0.29, 0.717) is 33.9 Å². The highest BCUT2D eigenvalue weighted by molar-refractivity contribution is 7.81. The summed E-state index contributed by atoms with van der Waals surface area (Å²) < 4.78 is 119. The van der Waals surface area contributed by atoms with Gasteiger partial charge in [-0.1, -0.05) is 56.8 Å². The van der Waals surface area contributed by atoms with E-state index in [0.717, 1.165) is 0 Å². The van der Waals surface area contributed by atoms with Crippen molar-refractivity contribution in [3.8, 4) is 11.5 Å². The van der Waals surface area contributed by atoms with Crippen molar-refractivity contribution in [2.75, 3.05) is 6.61 Å². The Morgan fingerprint density at radius 1 is 0.552 bits per heavy atom. The number of isothiocyanates is 3. The molecular formula is C35H35N3O14S6. The summed E-state index contributed by atoms with van der Waals surface area (Å²) in [6.45, 7) is 0.740. The van der Waals surface area contributed by atoms with Crippen molar-refractivity contribution in [3.63, 3.8) is 0 Å². The first kappa shape index (κ1) is 49.6. The summed E-state index contributed by atoms with van der Waals surface area (Å²) in [7, 11) is -14.6. The van der Waals surface area contributed by atoms with Crippen LogP contribution in [0, 0.1) is 0 Å². The molecule has 4 atom stereocenters. The number of nitrogens with zero attached hydrogens (tertiary/aromatic N) is 3. The lowest BCUT2D eigenvalue weighted by Gasteiger charge is -2.26. The fourth-order valence-corrected chi connectivity index (χ4v) is 6.35. The smallest absolute Gasteiger partial charge is 0.397 e. The molecule has 4 unspecified atom stereocenters. The molecule has 0 aliphatic rings. The number of thiocarbonyl (C=S) groups is 3. The number of hydrogen-bond acceptors (Lipinski definition) is 17. The molecule has 3 N–H and O–H groups in total. The van der Waals surface area contributed by atoms with Crippen LogP contribution in [-0.2, 0) is 43.7 Å². The van der Waals surface area contributed by atoms with E-state index in [1.165, 1.54) is 24.3 Å². The molecule has 4 rings (SSSR count). The quantitative estimate of drug-likeness (QED) is 0.0457. The van der Waals surface area contributed by atoms with E-state index in [9.17, 15) is 25.3 Å². The molecule has 0 radical (unpaired) electrons. The predicted octanol–water partition coefficient (Wildman–Crippen LogP) is 8.06. The number of hydrogen-bond donors (Lipinski definition) is 3. The molecule has 0 bridgehead atoms. The Morgan fingerprint density at radius 2 is 0.914 bits per heavy atom. The van der Waals surface area contributed by atoms with Crippen LogP contribution in [0.15, 0.2) is 118 Å². The van der Waals surface area contributed by atoms with Gasteiger partial charge in [0.1, 0.15) is 30.3 Å². The van der Waals surface area contributed by atoms with Crippen molar-refractivity contribution < 1.29 is 60.9 Å². The average molecular weight is 914 g/mol. The Morgan fingerprint density at radius 3 is 1.28 bits per heavy atom. The van der Waals surface area contributed by atoms with Gasteiger partial charge in [0.25, 0.3) is 0 Å². The van der Waals surface area contributed by atoms with Gasteiger partial charge in [-0.15, -0.1) is 0 Å². The van der Waals surface area contributed by atoms with Gasteiger partial charge < -0.3 is 9.47 Å². The molecule has 17 nitrogen and oxygen atoms in total. The Labute approximate surface area is 351 Å². The lowest BCUT2D eigenvalue weighted by atomic mass is 10.0. The van der Waals surface area contributed by atoms with Gasteiger partial charge in [-0.25, -0.2) is 12.5 Å². The van der Waals surface area contributed by atoms with Gasteiger partial charge in [-0.05, 0) is 115 Å². The average Bonchev–Trinajstić information content (AvgIpc) is 3.15. The fourth-order valence-electron chi connectivity index (χ4n) is 4.71. The molecular weight excluding hydrogens is 879 g/mol. The minimum atomic E-state index is -5.03. The molecule has 310 valence electrons. The van der Waals surface area contributed by atoms with Crippen LogP contribution in [0.25, 0.3) is 0 Å². The predicted molar refractivity (Wildman–Crippen MR) is 224 cm³/mol. The van der Waals surface area contributed by atoms with Crippen LogP contribution >= 0.6 is 36.7 Å². The lowest BCUT2D eigenvalue weighted by molar-refractivity contribution is 0.0175. The van der Waals surface area contributed by atoms with Crippen LogP contribution in [-0.4, -0.2) is 73.2 Å². The van der Waals surface area contributed by atoms with Crippen molar-refractivity contribution in [1.82, 2.24) is 0 Å². The van der Waals surface area contributed by atoms with Gasteiger partial charge in [0.05, 0.1) is 32.5 Å². The molecule has 0 saturated heterocycles. The molecule has 4 aromatic rings.